The number of fused-ring (bicyclic) bond motifs is 2. The van der Waals surface area contributed by atoms with Crippen molar-refractivity contribution in [3.63, 3.8) is 0 Å². The number of amides is 1. The molecular formula is C24H23N3O2S2. The molecule has 0 spiro atoms. The highest BCUT2D eigenvalue weighted by Crippen LogP contribution is 2.34. The zero-order valence-electron chi connectivity index (χ0n) is 17.3. The van der Waals surface area contributed by atoms with Gasteiger partial charge in [-0.15, -0.1) is 11.8 Å². The Hall–Kier alpha value is -2.51. The molecule has 5 rings (SSSR count). The zero-order valence-corrected chi connectivity index (χ0v) is 18.9. The van der Waals surface area contributed by atoms with Gasteiger partial charge in [-0.25, -0.2) is 4.98 Å². The minimum atomic E-state index is 0.00432. The Balaban J connectivity index is 1.42. The molecule has 1 unspecified atom stereocenters. The lowest BCUT2D eigenvalue weighted by molar-refractivity contribution is -0.116. The van der Waals surface area contributed by atoms with Gasteiger partial charge >= 0.3 is 0 Å². The number of benzene rings is 2. The first-order valence-corrected chi connectivity index (χ1v) is 12.3. The molecule has 158 valence electrons. The molecule has 0 radical (unpaired) electrons. The number of carbonyl (C=O) groups excluding carboxylic acids is 1. The minimum Gasteiger partial charge on any atom is -0.311 e. The second-order valence-corrected chi connectivity index (χ2v) is 10.3. The van der Waals surface area contributed by atoms with Gasteiger partial charge in [0.1, 0.15) is 0 Å². The summed E-state index contributed by atoms with van der Waals surface area (Å²) >= 11 is 2.98. The average molecular weight is 450 g/mol. The number of anilines is 1. The number of hydrogen-bond acceptors (Lipinski definition) is 5. The van der Waals surface area contributed by atoms with E-state index in [1.807, 2.05) is 53.4 Å². The monoisotopic (exact) mass is 449 g/mol. The molecular weight excluding hydrogens is 426 g/mol. The summed E-state index contributed by atoms with van der Waals surface area (Å²) in [6.45, 7) is 3.29. The van der Waals surface area contributed by atoms with Crippen LogP contribution in [0.4, 0.5) is 5.69 Å². The molecule has 0 aliphatic carbocycles. The number of hydrogen-bond donors (Lipinski definition) is 0. The first kappa shape index (κ1) is 20.4. The smallest absolute Gasteiger partial charge is 0.268 e. The van der Waals surface area contributed by atoms with Crippen LogP contribution in [-0.4, -0.2) is 33.0 Å². The molecule has 1 atom stereocenters. The van der Waals surface area contributed by atoms with Gasteiger partial charge < -0.3 is 4.90 Å². The molecule has 31 heavy (non-hydrogen) atoms. The molecule has 1 amide bonds. The number of rotatable bonds is 5. The zero-order chi connectivity index (χ0) is 21.4. The Morgan fingerprint density at radius 1 is 1.16 bits per heavy atom. The summed E-state index contributed by atoms with van der Waals surface area (Å²) in [6.07, 6.45) is 1.68. The van der Waals surface area contributed by atoms with Crippen molar-refractivity contribution in [2.45, 2.75) is 41.6 Å². The Morgan fingerprint density at radius 2 is 1.94 bits per heavy atom. The average Bonchev–Trinajstić information content (AvgIpc) is 3.38. The first-order chi connectivity index (χ1) is 15.1. The van der Waals surface area contributed by atoms with Crippen LogP contribution >= 0.6 is 23.5 Å². The number of para-hydroxylation sites is 1. The Kier molecular flexibility index (Phi) is 5.63. The number of nitrogens with zero attached hydrogens (tertiary/aromatic N) is 3. The van der Waals surface area contributed by atoms with E-state index in [1.165, 1.54) is 17.3 Å². The Morgan fingerprint density at radius 3 is 2.77 bits per heavy atom. The molecule has 3 aromatic rings. The summed E-state index contributed by atoms with van der Waals surface area (Å²) < 4.78 is 1.73. The van der Waals surface area contributed by atoms with E-state index in [9.17, 15) is 9.59 Å². The largest absolute Gasteiger partial charge is 0.311 e. The summed E-state index contributed by atoms with van der Waals surface area (Å²) in [4.78, 5) is 33.7. The molecule has 2 aromatic carbocycles. The second kappa shape index (κ2) is 8.55. The van der Waals surface area contributed by atoms with Crippen molar-refractivity contribution in [1.29, 1.82) is 0 Å². The summed E-state index contributed by atoms with van der Waals surface area (Å²) in [5.41, 5.74) is 4.13. The third-order valence-corrected chi connectivity index (χ3v) is 7.84. The Bertz CT molecular complexity index is 1190. The maximum Gasteiger partial charge on any atom is 0.268 e. The third-order valence-electron chi connectivity index (χ3n) is 5.66. The summed E-state index contributed by atoms with van der Waals surface area (Å²) in [5.74, 6) is 0.315. The number of carbonyl (C=O) groups is 1. The maximum absolute atomic E-state index is 13.3. The number of aromatic nitrogens is 2. The van der Waals surface area contributed by atoms with Gasteiger partial charge in [0, 0.05) is 23.9 Å². The Labute approximate surface area is 189 Å². The summed E-state index contributed by atoms with van der Waals surface area (Å²) in [6, 6.07) is 18.0. The standard InChI is InChI=1S/C24H23N3O2S2/c1-16-13-19-22(31-16)23(29)27(14-17-7-3-2-4-8-17)24(25-19)30-15-21(28)26-12-11-18-9-5-6-10-20(18)26/h2-10,16H,11-15H2,1H3. The highest BCUT2D eigenvalue weighted by atomic mass is 32.2. The molecule has 0 N–H and O–H groups in total. The lowest BCUT2D eigenvalue weighted by Gasteiger charge is -2.18. The molecule has 2 aliphatic rings. The van der Waals surface area contributed by atoms with Crippen molar-refractivity contribution in [3.8, 4) is 0 Å². The molecule has 7 heteroatoms. The van der Waals surface area contributed by atoms with E-state index in [1.54, 1.807) is 16.3 Å². The molecule has 2 aliphatic heterocycles. The predicted octanol–water partition coefficient (Wildman–Crippen LogP) is 4.01. The quantitative estimate of drug-likeness (QED) is 0.435. The van der Waals surface area contributed by atoms with Crippen LogP contribution in [0, 0.1) is 0 Å². The van der Waals surface area contributed by atoms with Crippen LogP contribution in [0.25, 0.3) is 0 Å². The van der Waals surface area contributed by atoms with Crippen LogP contribution in [0.3, 0.4) is 0 Å². The molecule has 0 bridgehead atoms. The van der Waals surface area contributed by atoms with Crippen molar-refractivity contribution in [2.24, 2.45) is 0 Å². The number of thioether (sulfide) groups is 2. The van der Waals surface area contributed by atoms with Gasteiger partial charge in [-0.05, 0) is 23.6 Å². The minimum absolute atomic E-state index is 0.00432. The van der Waals surface area contributed by atoms with Crippen molar-refractivity contribution in [2.75, 3.05) is 17.2 Å². The second-order valence-electron chi connectivity index (χ2n) is 7.89. The van der Waals surface area contributed by atoms with Crippen molar-refractivity contribution >= 4 is 35.1 Å². The fraction of sp³-hybridized carbons (Fsp3) is 0.292. The molecule has 0 saturated carbocycles. The normalized spacial score (nSPS) is 16.9. The molecule has 0 fully saturated rings. The van der Waals surface area contributed by atoms with Crippen LogP contribution in [0.1, 0.15) is 23.7 Å². The van der Waals surface area contributed by atoms with Gasteiger partial charge in [-0.1, -0.05) is 67.2 Å². The fourth-order valence-electron chi connectivity index (χ4n) is 4.15. The highest BCUT2D eigenvalue weighted by Gasteiger charge is 2.28. The van der Waals surface area contributed by atoms with Gasteiger partial charge in [-0.3, -0.25) is 14.2 Å². The fourth-order valence-corrected chi connectivity index (χ4v) is 6.15. The van der Waals surface area contributed by atoms with E-state index in [0.717, 1.165) is 34.7 Å². The van der Waals surface area contributed by atoms with E-state index in [4.69, 9.17) is 4.98 Å². The van der Waals surface area contributed by atoms with Crippen molar-refractivity contribution < 1.29 is 4.79 Å². The van der Waals surface area contributed by atoms with Gasteiger partial charge in [0.05, 0.1) is 22.9 Å². The van der Waals surface area contributed by atoms with Crippen LogP contribution in [-0.2, 0) is 24.2 Å². The maximum atomic E-state index is 13.3. The van der Waals surface area contributed by atoms with E-state index in [0.29, 0.717) is 23.5 Å². The lowest BCUT2D eigenvalue weighted by Crippen LogP contribution is -2.31. The van der Waals surface area contributed by atoms with Gasteiger partial charge in [0.25, 0.3) is 5.56 Å². The molecule has 5 nitrogen and oxygen atoms in total. The third kappa shape index (κ3) is 4.04. The van der Waals surface area contributed by atoms with Crippen LogP contribution < -0.4 is 10.5 Å². The van der Waals surface area contributed by atoms with Crippen LogP contribution in [0.15, 0.2) is 69.4 Å². The van der Waals surface area contributed by atoms with E-state index < -0.39 is 0 Å². The molecule has 3 heterocycles. The van der Waals surface area contributed by atoms with Gasteiger partial charge in [0.2, 0.25) is 5.91 Å². The molecule has 1 aromatic heterocycles. The molecule has 0 saturated heterocycles. The van der Waals surface area contributed by atoms with Crippen molar-refractivity contribution in [3.05, 3.63) is 81.8 Å². The SMILES string of the molecule is CC1Cc2nc(SCC(=O)N3CCc4ccccc43)n(Cc3ccccc3)c(=O)c2S1. The van der Waals surface area contributed by atoms with Crippen LogP contribution in [0.5, 0.6) is 0 Å². The summed E-state index contributed by atoms with van der Waals surface area (Å²) in [7, 11) is 0. The first-order valence-electron chi connectivity index (χ1n) is 10.5. The van der Waals surface area contributed by atoms with E-state index >= 15 is 0 Å². The lowest BCUT2D eigenvalue weighted by atomic mass is 10.2. The van der Waals surface area contributed by atoms with Crippen LogP contribution in [0.2, 0.25) is 0 Å². The highest BCUT2D eigenvalue weighted by molar-refractivity contribution is 8.00. The van der Waals surface area contributed by atoms with E-state index in [-0.39, 0.29) is 17.2 Å². The van der Waals surface area contributed by atoms with Gasteiger partial charge in [-0.2, -0.15) is 0 Å². The van der Waals surface area contributed by atoms with Crippen molar-refractivity contribution in [1.82, 2.24) is 9.55 Å². The summed E-state index contributed by atoms with van der Waals surface area (Å²) in [5, 5.41) is 0.978. The van der Waals surface area contributed by atoms with E-state index in [2.05, 4.69) is 13.0 Å². The van der Waals surface area contributed by atoms with Gasteiger partial charge in [0.15, 0.2) is 5.16 Å². The predicted molar refractivity (Wildman–Crippen MR) is 126 cm³/mol. The topological polar surface area (TPSA) is 55.2 Å².